The number of hydrogen-bond donors (Lipinski definition) is 2. The van der Waals surface area contributed by atoms with E-state index in [9.17, 15) is 4.79 Å². The summed E-state index contributed by atoms with van der Waals surface area (Å²) in [6.07, 6.45) is 3.45. The number of pyridine rings is 1. The molecule has 2 aromatic heterocycles. The number of aromatic nitrogens is 2. The number of nitrogens with two attached hydrogens (primary N) is 1. The second-order valence-corrected chi connectivity index (χ2v) is 6.11. The third-order valence-electron chi connectivity index (χ3n) is 3.08. The number of nitrogen functional groups attached to an aromatic ring is 1. The normalized spacial score (nSPS) is 10.5. The van der Waals surface area contributed by atoms with Crippen molar-refractivity contribution >= 4 is 40.2 Å². The summed E-state index contributed by atoms with van der Waals surface area (Å²) in [6, 6.07) is 8.93. The summed E-state index contributed by atoms with van der Waals surface area (Å²) in [5, 5.41) is 5.96. The lowest BCUT2D eigenvalue weighted by molar-refractivity contribution is -0.115. The number of hydrogen-bond acceptors (Lipinski definition) is 5. The molecule has 2 heterocycles. The summed E-state index contributed by atoms with van der Waals surface area (Å²) < 4.78 is 0. The first-order valence-corrected chi connectivity index (χ1v) is 8.07. The van der Waals surface area contributed by atoms with Gasteiger partial charge in [0.1, 0.15) is 5.01 Å². The van der Waals surface area contributed by atoms with Crippen molar-refractivity contribution < 1.29 is 4.79 Å². The van der Waals surface area contributed by atoms with Crippen molar-refractivity contribution in [2.75, 3.05) is 11.1 Å². The maximum Gasteiger partial charge on any atom is 0.230 e. The molecular formula is C16H13ClN4OS. The van der Waals surface area contributed by atoms with Gasteiger partial charge in [-0.1, -0.05) is 17.7 Å². The van der Waals surface area contributed by atoms with Crippen LogP contribution in [-0.2, 0) is 11.2 Å². The lowest BCUT2D eigenvalue weighted by Gasteiger charge is -2.03. The number of amides is 1. The Balaban J connectivity index is 1.69. The fourth-order valence-electron chi connectivity index (χ4n) is 2.00. The smallest absolute Gasteiger partial charge is 0.230 e. The SMILES string of the molecule is Nc1cc(-c2nc(CC(=O)Nc3cccnc3)cs2)ccc1Cl. The summed E-state index contributed by atoms with van der Waals surface area (Å²) in [5.74, 6) is -0.134. The number of benzene rings is 1. The van der Waals surface area contributed by atoms with Gasteiger partial charge in [-0.05, 0) is 24.3 Å². The molecule has 1 amide bonds. The largest absolute Gasteiger partial charge is 0.398 e. The van der Waals surface area contributed by atoms with Gasteiger partial charge in [0.15, 0.2) is 0 Å². The number of thiazole rings is 1. The first-order chi connectivity index (χ1) is 11.1. The topological polar surface area (TPSA) is 80.9 Å². The van der Waals surface area contributed by atoms with Gasteiger partial charge in [0.05, 0.1) is 34.7 Å². The van der Waals surface area contributed by atoms with Crippen LogP contribution in [0.3, 0.4) is 0 Å². The van der Waals surface area contributed by atoms with Crippen LogP contribution in [0.15, 0.2) is 48.1 Å². The number of rotatable bonds is 4. The van der Waals surface area contributed by atoms with Crippen LogP contribution in [0.5, 0.6) is 0 Å². The highest BCUT2D eigenvalue weighted by molar-refractivity contribution is 7.13. The van der Waals surface area contributed by atoms with E-state index in [2.05, 4.69) is 15.3 Å². The molecule has 0 radical (unpaired) electrons. The van der Waals surface area contributed by atoms with Crippen molar-refractivity contribution in [2.45, 2.75) is 6.42 Å². The Labute approximate surface area is 142 Å². The van der Waals surface area contributed by atoms with Gasteiger partial charge in [-0.2, -0.15) is 0 Å². The Kier molecular flexibility index (Phi) is 4.55. The number of carbonyl (C=O) groups excluding carboxylic acids is 1. The van der Waals surface area contributed by atoms with Gasteiger partial charge in [-0.15, -0.1) is 11.3 Å². The predicted molar refractivity (Wildman–Crippen MR) is 93.5 cm³/mol. The maximum absolute atomic E-state index is 12.0. The number of nitrogens with zero attached hydrogens (tertiary/aromatic N) is 2. The minimum atomic E-state index is -0.134. The molecule has 0 aliphatic carbocycles. The van der Waals surface area contributed by atoms with Crippen LogP contribution in [0.4, 0.5) is 11.4 Å². The number of nitrogens with one attached hydrogen (secondary N) is 1. The fraction of sp³-hybridized carbons (Fsp3) is 0.0625. The van der Waals surface area contributed by atoms with E-state index < -0.39 is 0 Å². The summed E-state index contributed by atoms with van der Waals surface area (Å²) >= 11 is 7.38. The fourth-order valence-corrected chi connectivity index (χ4v) is 2.94. The average molecular weight is 345 g/mol. The molecule has 1 aromatic carbocycles. The van der Waals surface area contributed by atoms with Crippen molar-refractivity contribution in [3.05, 3.63) is 58.8 Å². The molecule has 0 bridgehead atoms. The minimum absolute atomic E-state index is 0.134. The Morgan fingerprint density at radius 2 is 2.22 bits per heavy atom. The zero-order valence-corrected chi connectivity index (χ0v) is 13.6. The van der Waals surface area contributed by atoms with Gasteiger partial charge < -0.3 is 11.1 Å². The van der Waals surface area contributed by atoms with Crippen LogP contribution < -0.4 is 11.1 Å². The van der Waals surface area contributed by atoms with E-state index in [1.54, 1.807) is 36.7 Å². The van der Waals surface area contributed by atoms with Gasteiger partial charge in [0, 0.05) is 17.1 Å². The predicted octanol–water partition coefficient (Wildman–Crippen LogP) is 3.62. The molecule has 0 spiro atoms. The third-order valence-corrected chi connectivity index (χ3v) is 4.37. The first kappa shape index (κ1) is 15.5. The van der Waals surface area contributed by atoms with Crippen molar-refractivity contribution in [3.63, 3.8) is 0 Å². The molecule has 0 aliphatic rings. The van der Waals surface area contributed by atoms with E-state index in [-0.39, 0.29) is 12.3 Å². The number of anilines is 2. The quantitative estimate of drug-likeness (QED) is 0.708. The first-order valence-electron chi connectivity index (χ1n) is 6.81. The summed E-state index contributed by atoms with van der Waals surface area (Å²) in [4.78, 5) is 20.4. The van der Waals surface area contributed by atoms with Crippen molar-refractivity contribution in [1.82, 2.24) is 9.97 Å². The van der Waals surface area contributed by atoms with E-state index in [0.29, 0.717) is 22.1 Å². The molecule has 0 unspecified atom stereocenters. The van der Waals surface area contributed by atoms with E-state index in [1.807, 2.05) is 11.4 Å². The monoisotopic (exact) mass is 344 g/mol. The number of carbonyl (C=O) groups is 1. The van der Waals surface area contributed by atoms with E-state index in [4.69, 9.17) is 17.3 Å². The molecule has 5 nitrogen and oxygen atoms in total. The summed E-state index contributed by atoms with van der Waals surface area (Å²) in [6.45, 7) is 0. The molecule has 0 aliphatic heterocycles. The lowest BCUT2D eigenvalue weighted by atomic mass is 10.2. The van der Waals surface area contributed by atoms with Crippen LogP contribution in [0, 0.1) is 0 Å². The van der Waals surface area contributed by atoms with E-state index in [0.717, 1.165) is 10.6 Å². The van der Waals surface area contributed by atoms with Crippen molar-refractivity contribution in [2.24, 2.45) is 0 Å². The standard InChI is InChI=1S/C16H13ClN4OS/c17-13-4-3-10(6-14(13)18)16-21-12(9-23-16)7-15(22)20-11-2-1-5-19-8-11/h1-6,8-9H,7,18H2,(H,20,22). The molecule has 0 atom stereocenters. The molecule has 3 aromatic rings. The molecule has 0 saturated carbocycles. The second kappa shape index (κ2) is 6.76. The Morgan fingerprint density at radius 3 is 2.96 bits per heavy atom. The Morgan fingerprint density at radius 1 is 1.35 bits per heavy atom. The van der Waals surface area contributed by atoms with Gasteiger partial charge in [0.25, 0.3) is 0 Å². The van der Waals surface area contributed by atoms with Gasteiger partial charge in [0.2, 0.25) is 5.91 Å². The van der Waals surface area contributed by atoms with Gasteiger partial charge >= 0.3 is 0 Å². The molecule has 3 N–H and O–H groups in total. The Hall–Kier alpha value is -2.44. The molecule has 0 saturated heterocycles. The molecule has 7 heteroatoms. The van der Waals surface area contributed by atoms with Crippen LogP contribution in [-0.4, -0.2) is 15.9 Å². The number of halogens is 1. The average Bonchev–Trinajstić information content (AvgIpc) is 2.99. The van der Waals surface area contributed by atoms with Crippen molar-refractivity contribution in [3.8, 4) is 10.6 Å². The second-order valence-electron chi connectivity index (χ2n) is 4.85. The van der Waals surface area contributed by atoms with E-state index in [1.165, 1.54) is 11.3 Å². The molecule has 116 valence electrons. The van der Waals surface area contributed by atoms with Gasteiger partial charge in [-0.25, -0.2) is 4.98 Å². The molecular weight excluding hydrogens is 332 g/mol. The van der Waals surface area contributed by atoms with Gasteiger partial charge in [-0.3, -0.25) is 9.78 Å². The third kappa shape index (κ3) is 3.85. The highest BCUT2D eigenvalue weighted by Gasteiger charge is 2.10. The zero-order valence-electron chi connectivity index (χ0n) is 12.0. The van der Waals surface area contributed by atoms with Crippen LogP contribution >= 0.6 is 22.9 Å². The van der Waals surface area contributed by atoms with Crippen LogP contribution in [0.25, 0.3) is 10.6 Å². The maximum atomic E-state index is 12.0. The van der Waals surface area contributed by atoms with E-state index >= 15 is 0 Å². The highest BCUT2D eigenvalue weighted by atomic mass is 35.5. The molecule has 23 heavy (non-hydrogen) atoms. The lowest BCUT2D eigenvalue weighted by Crippen LogP contribution is -2.14. The Bertz CT molecular complexity index is 835. The highest BCUT2D eigenvalue weighted by Crippen LogP contribution is 2.29. The van der Waals surface area contributed by atoms with Crippen LogP contribution in [0.1, 0.15) is 5.69 Å². The zero-order chi connectivity index (χ0) is 16.2. The van der Waals surface area contributed by atoms with Crippen molar-refractivity contribution in [1.29, 1.82) is 0 Å². The summed E-state index contributed by atoms with van der Waals surface area (Å²) in [5.41, 5.74) is 8.57. The molecule has 3 rings (SSSR count). The minimum Gasteiger partial charge on any atom is -0.398 e. The van der Waals surface area contributed by atoms with Crippen LogP contribution in [0.2, 0.25) is 5.02 Å². The summed E-state index contributed by atoms with van der Waals surface area (Å²) in [7, 11) is 0. The molecule has 0 fully saturated rings.